The average molecular weight is 415 g/mol. The van der Waals surface area contributed by atoms with E-state index in [1.54, 1.807) is 4.90 Å². The Morgan fingerprint density at radius 2 is 1.96 bits per heavy atom. The second kappa shape index (κ2) is 7.37. The molecule has 3 aromatic rings. The van der Waals surface area contributed by atoms with Crippen molar-refractivity contribution in [3.63, 3.8) is 0 Å². The molecular formula is C22H23ClN2O2S. The Hall–Kier alpha value is -2.11. The Kier molecular flexibility index (Phi) is 5.06. The highest BCUT2D eigenvalue weighted by molar-refractivity contribution is 7.16. The van der Waals surface area contributed by atoms with Crippen LogP contribution >= 0.6 is 22.9 Å². The van der Waals surface area contributed by atoms with Crippen LogP contribution in [0.3, 0.4) is 0 Å². The van der Waals surface area contributed by atoms with Gasteiger partial charge in [0.25, 0.3) is 0 Å². The van der Waals surface area contributed by atoms with E-state index in [9.17, 15) is 4.79 Å². The molecule has 1 fully saturated rings. The zero-order valence-electron chi connectivity index (χ0n) is 16.2. The van der Waals surface area contributed by atoms with Crippen LogP contribution < -0.4 is 0 Å². The van der Waals surface area contributed by atoms with Crippen LogP contribution in [0.5, 0.6) is 0 Å². The lowest BCUT2D eigenvalue weighted by molar-refractivity contribution is 0.0224. The number of rotatable bonds is 2. The van der Waals surface area contributed by atoms with Crippen molar-refractivity contribution in [2.24, 2.45) is 0 Å². The number of hydrogen-bond acceptors (Lipinski definition) is 4. The van der Waals surface area contributed by atoms with Crippen molar-refractivity contribution in [2.75, 3.05) is 6.54 Å². The van der Waals surface area contributed by atoms with Gasteiger partial charge in [0, 0.05) is 12.1 Å². The zero-order valence-corrected chi connectivity index (χ0v) is 17.8. The van der Waals surface area contributed by atoms with E-state index in [1.165, 1.54) is 11.3 Å². The monoisotopic (exact) mass is 414 g/mol. The van der Waals surface area contributed by atoms with Crippen LogP contribution in [0.1, 0.15) is 44.7 Å². The van der Waals surface area contributed by atoms with Gasteiger partial charge in [0.05, 0.1) is 6.04 Å². The Labute approximate surface area is 174 Å². The van der Waals surface area contributed by atoms with Crippen molar-refractivity contribution in [1.29, 1.82) is 0 Å². The third-order valence-electron chi connectivity index (χ3n) is 4.81. The minimum absolute atomic E-state index is 0.0823. The summed E-state index contributed by atoms with van der Waals surface area (Å²) < 4.78 is 6.24. The number of aromatic nitrogens is 1. The van der Waals surface area contributed by atoms with Gasteiger partial charge in [0.2, 0.25) is 0 Å². The van der Waals surface area contributed by atoms with Gasteiger partial charge in [-0.3, -0.25) is 4.90 Å². The van der Waals surface area contributed by atoms with Crippen molar-refractivity contribution in [1.82, 2.24) is 9.88 Å². The van der Waals surface area contributed by atoms with Crippen LogP contribution in [0.15, 0.2) is 42.5 Å². The lowest BCUT2D eigenvalue weighted by Crippen LogP contribution is -2.36. The third kappa shape index (κ3) is 3.74. The molecule has 2 aromatic carbocycles. The summed E-state index contributed by atoms with van der Waals surface area (Å²) in [6, 6.07) is 14.3. The minimum Gasteiger partial charge on any atom is -0.444 e. The summed E-state index contributed by atoms with van der Waals surface area (Å²) >= 11 is 8.07. The first kappa shape index (κ1) is 19.2. The molecule has 4 rings (SSSR count). The predicted molar refractivity (Wildman–Crippen MR) is 115 cm³/mol. The van der Waals surface area contributed by atoms with Crippen molar-refractivity contribution in [3.8, 4) is 11.3 Å². The summed E-state index contributed by atoms with van der Waals surface area (Å²) in [6.45, 7) is 6.33. The molecule has 0 N–H and O–H groups in total. The molecule has 28 heavy (non-hydrogen) atoms. The van der Waals surface area contributed by atoms with Crippen molar-refractivity contribution in [2.45, 2.75) is 45.3 Å². The van der Waals surface area contributed by atoms with E-state index in [0.29, 0.717) is 10.9 Å². The number of hydrogen-bond donors (Lipinski definition) is 0. The number of ether oxygens (including phenoxy) is 1. The summed E-state index contributed by atoms with van der Waals surface area (Å²) in [4.78, 5) is 19.3. The van der Waals surface area contributed by atoms with Gasteiger partial charge in [-0.25, -0.2) is 9.78 Å². The summed E-state index contributed by atoms with van der Waals surface area (Å²) in [5.41, 5.74) is 1.29. The first-order valence-electron chi connectivity index (χ1n) is 9.47. The molecule has 0 bridgehead atoms. The fourth-order valence-corrected chi connectivity index (χ4v) is 4.96. The highest BCUT2D eigenvalue weighted by Crippen LogP contribution is 2.42. The van der Waals surface area contributed by atoms with Gasteiger partial charge >= 0.3 is 6.09 Å². The minimum atomic E-state index is -0.515. The van der Waals surface area contributed by atoms with Gasteiger partial charge in [-0.2, -0.15) is 0 Å². The van der Waals surface area contributed by atoms with Gasteiger partial charge in [-0.15, -0.1) is 11.3 Å². The van der Waals surface area contributed by atoms with Gasteiger partial charge in [-0.05, 0) is 44.4 Å². The van der Waals surface area contributed by atoms with Crippen LogP contribution in [0.25, 0.3) is 22.0 Å². The fraction of sp³-hybridized carbons (Fsp3) is 0.364. The lowest BCUT2D eigenvalue weighted by Gasteiger charge is -2.27. The summed E-state index contributed by atoms with van der Waals surface area (Å²) in [6.07, 6.45) is 1.52. The quantitative estimate of drug-likeness (QED) is 0.469. The van der Waals surface area contributed by atoms with E-state index in [2.05, 4.69) is 18.2 Å². The Bertz CT molecular complexity index is 1020. The van der Waals surface area contributed by atoms with E-state index in [-0.39, 0.29) is 12.1 Å². The number of fused-ring (bicyclic) bond motifs is 1. The number of carbonyl (C=O) groups is 1. The molecule has 0 radical (unpaired) electrons. The van der Waals surface area contributed by atoms with Gasteiger partial charge < -0.3 is 4.74 Å². The second-order valence-corrected chi connectivity index (χ2v) is 9.67. The second-order valence-electron chi connectivity index (χ2n) is 8.03. The molecule has 1 aliphatic heterocycles. The van der Waals surface area contributed by atoms with Crippen LogP contribution in [0, 0.1) is 0 Å². The van der Waals surface area contributed by atoms with Crippen LogP contribution in [-0.2, 0) is 4.74 Å². The molecular weight excluding hydrogens is 392 g/mol. The summed E-state index contributed by atoms with van der Waals surface area (Å²) in [5.74, 6) is 0. The molecule has 0 spiro atoms. The standard InChI is InChI=1S/C22H23ClN2O2S/c1-22(2,3)27-21(26)25-13-7-12-17(25)20-24-18(19(23)28-20)16-11-6-9-14-8-4-5-10-15(14)16/h4-6,8-11,17H,7,12-13H2,1-3H3. The molecule has 1 aromatic heterocycles. The number of halogens is 1. The van der Waals surface area contributed by atoms with Gasteiger partial charge in [0.15, 0.2) is 0 Å². The average Bonchev–Trinajstić information content (AvgIpc) is 3.26. The number of carbonyl (C=O) groups excluding carboxylic acids is 1. The maximum absolute atomic E-state index is 12.6. The maximum Gasteiger partial charge on any atom is 0.410 e. The van der Waals surface area contributed by atoms with E-state index in [1.807, 2.05) is 45.0 Å². The topological polar surface area (TPSA) is 42.4 Å². The highest BCUT2D eigenvalue weighted by atomic mass is 35.5. The molecule has 1 unspecified atom stereocenters. The number of benzene rings is 2. The molecule has 4 nitrogen and oxygen atoms in total. The summed E-state index contributed by atoms with van der Waals surface area (Å²) in [5, 5.41) is 3.15. The Morgan fingerprint density at radius 3 is 2.75 bits per heavy atom. The van der Waals surface area contributed by atoms with Crippen molar-refractivity contribution in [3.05, 3.63) is 51.8 Å². The van der Waals surface area contributed by atoms with E-state index < -0.39 is 5.60 Å². The number of amides is 1. The molecule has 0 aliphatic carbocycles. The SMILES string of the molecule is CC(C)(C)OC(=O)N1CCCC1c1nc(-c2cccc3ccccc23)c(Cl)s1. The van der Waals surface area contributed by atoms with Gasteiger partial charge in [-0.1, -0.05) is 54.1 Å². The predicted octanol–water partition coefficient (Wildman–Crippen LogP) is 6.69. The normalized spacial score (nSPS) is 17.3. The first-order chi connectivity index (χ1) is 13.3. The summed E-state index contributed by atoms with van der Waals surface area (Å²) in [7, 11) is 0. The zero-order chi connectivity index (χ0) is 19.9. The smallest absolute Gasteiger partial charge is 0.410 e. The van der Waals surface area contributed by atoms with Crippen LogP contribution in [0.2, 0.25) is 4.34 Å². The number of likely N-dealkylation sites (tertiary alicyclic amines) is 1. The number of thiazole rings is 1. The van der Waals surface area contributed by atoms with Crippen LogP contribution in [-0.4, -0.2) is 28.1 Å². The molecule has 2 heterocycles. The lowest BCUT2D eigenvalue weighted by atomic mass is 10.0. The van der Waals surface area contributed by atoms with Gasteiger partial charge in [0.1, 0.15) is 20.6 Å². The van der Waals surface area contributed by atoms with Crippen LogP contribution in [0.4, 0.5) is 4.79 Å². The number of nitrogens with zero attached hydrogens (tertiary/aromatic N) is 2. The largest absolute Gasteiger partial charge is 0.444 e. The third-order valence-corrected chi connectivity index (χ3v) is 6.17. The van der Waals surface area contributed by atoms with E-state index in [4.69, 9.17) is 21.3 Å². The molecule has 1 saturated heterocycles. The Morgan fingerprint density at radius 1 is 1.21 bits per heavy atom. The van der Waals surface area contributed by atoms with Crippen molar-refractivity contribution < 1.29 is 9.53 Å². The first-order valence-corrected chi connectivity index (χ1v) is 10.7. The van der Waals surface area contributed by atoms with E-state index >= 15 is 0 Å². The fourth-order valence-electron chi connectivity index (χ4n) is 3.62. The molecule has 0 saturated carbocycles. The highest BCUT2D eigenvalue weighted by Gasteiger charge is 2.35. The Balaban J connectivity index is 1.68. The molecule has 1 atom stereocenters. The van der Waals surface area contributed by atoms with E-state index in [0.717, 1.165) is 39.9 Å². The maximum atomic E-state index is 12.6. The molecule has 1 amide bonds. The molecule has 6 heteroatoms. The van der Waals surface area contributed by atoms with Crippen molar-refractivity contribution >= 4 is 39.8 Å². The molecule has 1 aliphatic rings. The molecule has 146 valence electrons.